The van der Waals surface area contributed by atoms with Crippen molar-refractivity contribution in [2.75, 3.05) is 0 Å². The van der Waals surface area contributed by atoms with Gasteiger partial charge in [-0.15, -0.1) is 0 Å². The van der Waals surface area contributed by atoms with E-state index in [1.165, 1.54) is 13.1 Å². The van der Waals surface area contributed by atoms with E-state index in [0.29, 0.717) is 10.8 Å². The fourth-order valence-electron chi connectivity index (χ4n) is 2.06. The number of aromatic nitrogens is 2. The molecule has 0 aliphatic carbocycles. The van der Waals surface area contributed by atoms with Gasteiger partial charge in [0.05, 0.1) is 0 Å². The topological polar surface area (TPSA) is 53.1 Å². The summed E-state index contributed by atoms with van der Waals surface area (Å²) in [7, 11) is 1.39. The largest absolute Gasteiger partial charge is 0.439 e. The van der Waals surface area contributed by atoms with Crippen LogP contribution in [0, 0.1) is 0 Å². The Morgan fingerprint density at radius 3 is 2.64 bits per heavy atom. The molecule has 1 unspecified atom stereocenters. The molecule has 4 nitrogen and oxygen atoms in total. The molecule has 120 valence electrons. The van der Waals surface area contributed by atoms with Crippen molar-refractivity contribution >= 4 is 11.6 Å². The zero-order valence-electron chi connectivity index (χ0n) is 12.0. The number of nitrogens with two attached hydrogens (primary N) is 1. The van der Waals surface area contributed by atoms with Crippen molar-refractivity contribution in [1.29, 1.82) is 0 Å². The lowest BCUT2D eigenvalue weighted by atomic mass is 10.1. The quantitative estimate of drug-likeness (QED) is 0.926. The van der Waals surface area contributed by atoms with Gasteiger partial charge in [0.1, 0.15) is 5.75 Å². The Morgan fingerprint density at radius 1 is 1.41 bits per heavy atom. The first-order valence-electron chi connectivity index (χ1n) is 6.50. The Kier molecular flexibility index (Phi) is 4.67. The lowest BCUT2D eigenvalue weighted by molar-refractivity contribution is -0.142. The summed E-state index contributed by atoms with van der Waals surface area (Å²) < 4.78 is 45.9. The van der Waals surface area contributed by atoms with Gasteiger partial charge in [-0.05, 0) is 31.5 Å². The van der Waals surface area contributed by atoms with Crippen molar-refractivity contribution in [3.8, 4) is 11.6 Å². The lowest BCUT2D eigenvalue weighted by Gasteiger charge is -2.12. The molecule has 1 aromatic heterocycles. The second-order valence-electron chi connectivity index (χ2n) is 4.99. The van der Waals surface area contributed by atoms with Crippen molar-refractivity contribution < 1.29 is 17.9 Å². The summed E-state index contributed by atoms with van der Waals surface area (Å²) in [5.41, 5.74) is 4.60. The number of aryl methyl sites for hydroxylation is 1. The van der Waals surface area contributed by atoms with Gasteiger partial charge < -0.3 is 10.5 Å². The molecule has 0 saturated heterocycles. The highest BCUT2D eigenvalue weighted by atomic mass is 35.5. The Hall–Kier alpha value is -1.73. The molecular weight excluding hydrogens is 319 g/mol. The molecule has 0 spiro atoms. The maximum atomic E-state index is 13.1. The predicted octanol–water partition coefficient (Wildman–Crippen LogP) is 3.77. The van der Waals surface area contributed by atoms with Gasteiger partial charge in [-0.3, -0.25) is 0 Å². The smallest absolute Gasteiger partial charge is 0.435 e. The van der Waals surface area contributed by atoms with Gasteiger partial charge in [0, 0.05) is 23.7 Å². The van der Waals surface area contributed by atoms with E-state index >= 15 is 0 Å². The van der Waals surface area contributed by atoms with Crippen molar-refractivity contribution in [3.05, 3.63) is 40.5 Å². The SMILES string of the molecule is CC(N)Cc1c(C(F)(F)F)nn(C)c1Oc1cccc(Cl)c1. The maximum Gasteiger partial charge on any atom is 0.435 e. The average Bonchev–Trinajstić information content (AvgIpc) is 2.67. The monoisotopic (exact) mass is 333 g/mol. The molecule has 1 aromatic carbocycles. The summed E-state index contributed by atoms with van der Waals surface area (Å²) in [5, 5.41) is 3.95. The third-order valence-electron chi connectivity index (χ3n) is 2.89. The number of ether oxygens (including phenoxy) is 1. The molecule has 1 atom stereocenters. The predicted molar refractivity (Wildman–Crippen MR) is 77.1 cm³/mol. The van der Waals surface area contributed by atoms with Crippen LogP contribution in [0.25, 0.3) is 0 Å². The maximum absolute atomic E-state index is 13.1. The van der Waals surface area contributed by atoms with E-state index in [2.05, 4.69) is 5.10 Å². The van der Waals surface area contributed by atoms with Gasteiger partial charge in [0.25, 0.3) is 0 Å². The minimum atomic E-state index is -4.57. The minimum absolute atomic E-state index is 0.00141. The molecule has 1 heterocycles. The van der Waals surface area contributed by atoms with Crippen molar-refractivity contribution in [2.45, 2.75) is 25.6 Å². The highest BCUT2D eigenvalue weighted by molar-refractivity contribution is 6.30. The van der Waals surface area contributed by atoms with Gasteiger partial charge >= 0.3 is 6.18 Å². The van der Waals surface area contributed by atoms with E-state index in [1.54, 1.807) is 25.1 Å². The van der Waals surface area contributed by atoms with Gasteiger partial charge in [-0.1, -0.05) is 17.7 Å². The number of halogens is 4. The number of hydrogen-bond donors (Lipinski definition) is 1. The lowest BCUT2D eigenvalue weighted by Crippen LogP contribution is -2.20. The van der Waals surface area contributed by atoms with Crippen LogP contribution in [0.5, 0.6) is 11.6 Å². The molecule has 2 rings (SSSR count). The Labute approximate surface area is 130 Å². The summed E-state index contributed by atoms with van der Waals surface area (Å²) in [6, 6.07) is 5.93. The van der Waals surface area contributed by atoms with Crippen LogP contribution in [-0.4, -0.2) is 15.8 Å². The second-order valence-corrected chi connectivity index (χ2v) is 5.43. The van der Waals surface area contributed by atoms with Gasteiger partial charge in [0.15, 0.2) is 5.69 Å². The zero-order chi connectivity index (χ0) is 16.5. The number of benzene rings is 1. The number of hydrogen-bond acceptors (Lipinski definition) is 3. The third-order valence-corrected chi connectivity index (χ3v) is 3.13. The van der Waals surface area contributed by atoms with Crippen molar-refractivity contribution in [2.24, 2.45) is 12.8 Å². The standard InChI is InChI=1S/C14H15ClF3N3O/c1-8(19)6-11-12(14(16,17)18)20-21(2)13(11)22-10-5-3-4-9(15)7-10/h3-5,7-8H,6,19H2,1-2H3. The van der Waals surface area contributed by atoms with Gasteiger partial charge in [0.2, 0.25) is 5.88 Å². The molecule has 8 heteroatoms. The first-order chi connectivity index (χ1) is 10.2. The Balaban J connectivity index is 2.47. The molecule has 0 radical (unpaired) electrons. The highest BCUT2D eigenvalue weighted by Crippen LogP contribution is 2.37. The minimum Gasteiger partial charge on any atom is -0.439 e. The molecule has 0 fully saturated rings. The summed E-state index contributed by atoms with van der Waals surface area (Å²) in [6.07, 6.45) is -4.57. The van der Waals surface area contributed by atoms with Crippen LogP contribution in [0.15, 0.2) is 24.3 Å². The van der Waals surface area contributed by atoms with E-state index in [4.69, 9.17) is 22.1 Å². The van der Waals surface area contributed by atoms with E-state index < -0.39 is 17.9 Å². The van der Waals surface area contributed by atoms with Crippen LogP contribution in [0.3, 0.4) is 0 Å². The summed E-state index contributed by atoms with van der Waals surface area (Å²) in [6.45, 7) is 1.62. The zero-order valence-corrected chi connectivity index (χ0v) is 12.7. The number of alkyl halides is 3. The molecule has 0 aliphatic rings. The molecule has 0 bridgehead atoms. The van der Waals surface area contributed by atoms with Crippen LogP contribution in [0.2, 0.25) is 5.02 Å². The molecule has 2 N–H and O–H groups in total. The second kappa shape index (κ2) is 6.18. The normalized spacial score (nSPS) is 13.2. The molecule has 0 saturated carbocycles. The third kappa shape index (κ3) is 3.72. The number of nitrogens with zero attached hydrogens (tertiary/aromatic N) is 2. The first-order valence-corrected chi connectivity index (χ1v) is 6.88. The first kappa shape index (κ1) is 16.6. The Bertz CT molecular complexity index is 668. The van der Waals surface area contributed by atoms with E-state index in [-0.39, 0.29) is 17.9 Å². The number of rotatable bonds is 4. The van der Waals surface area contributed by atoms with E-state index in [1.807, 2.05) is 0 Å². The van der Waals surface area contributed by atoms with Crippen LogP contribution >= 0.6 is 11.6 Å². The summed E-state index contributed by atoms with van der Waals surface area (Å²) in [5.74, 6) is 0.335. The summed E-state index contributed by atoms with van der Waals surface area (Å²) in [4.78, 5) is 0. The fourth-order valence-corrected chi connectivity index (χ4v) is 2.24. The molecular formula is C14H15ClF3N3O. The molecule has 22 heavy (non-hydrogen) atoms. The average molecular weight is 334 g/mol. The van der Waals surface area contributed by atoms with Gasteiger partial charge in [-0.25, -0.2) is 4.68 Å². The highest BCUT2D eigenvalue weighted by Gasteiger charge is 2.39. The van der Waals surface area contributed by atoms with Crippen LogP contribution < -0.4 is 10.5 Å². The van der Waals surface area contributed by atoms with Crippen LogP contribution in [-0.2, 0) is 19.6 Å². The van der Waals surface area contributed by atoms with Crippen molar-refractivity contribution in [3.63, 3.8) is 0 Å². The molecule has 0 amide bonds. The summed E-state index contributed by atoms with van der Waals surface area (Å²) >= 11 is 5.85. The van der Waals surface area contributed by atoms with Crippen molar-refractivity contribution in [1.82, 2.24) is 9.78 Å². The molecule has 0 aliphatic heterocycles. The van der Waals surface area contributed by atoms with Crippen LogP contribution in [0.1, 0.15) is 18.2 Å². The fraction of sp³-hybridized carbons (Fsp3) is 0.357. The van der Waals surface area contributed by atoms with E-state index in [0.717, 1.165) is 4.68 Å². The molecule has 2 aromatic rings. The van der Waals surface area contributed by atoms with Crippen LogP contribution in [0.4, 0.5) is 13.2 Å². The van der Waals surface area contributed by atoms with E-state index in [9.17, 15) is 13.2 Å². The Morgan fingerprint density at radius 2 is 2.09 bits per heavy atom. The van der Waals surface area contributed by atoms with Gasteiger partial charge in [-0.2, -0.15) is 18.3 Å².